The predicted molar refractivity (Wildman–Crippen MR) is 125 cm³/mol. The molecule has 1 fully saturated rings. The Balaban J connectivity index is 1.66. The third-order valence-electron chi connectivity index (χ3n) is 5.82. The highest BCUT2D eigenvalue weighted by atomic mass is 35.5. The molecule has 33 heavy (non-hydrogen) atoms. The normalized spacial score (nSPS) is 15.5. The lowest BCUT2D eigenvalue weighted by molar-refractivity contribution is 0.187. The SMILES string of the molecule is CCC(NC(=O)O)c1nc2cccc(Cl)c2c(=O)n1N1CCN(Cc2ccc(F)cc2)CC1. The zero-order valence-electron chi connectivity index (χ0n) is 18.2. The highest BCUT2D eigenvalue weighted by Crippen LogP contribution is 2.22. The van der Waals surface area contributed by atoms with E-state index < -0.39 is 12.1 Å². The molecule has 1 atom stereocenters. The number of piperazine rings is 1. The van der Waals surface area contributed by atoms with Crippen LogP contribution in [0.3, 0.4) is 0 Å². The van der Waals surface area contributed by atoms with Crippen molar-refractivity contribution in [2.45, 2.75) is 25.9 Å². The standard InChI is InChI=1S/C23H25ClFN5O3/c1-2-18(27-23(32)33)21-26-19-5-3-4-17(24)20(19)22(31)30(21)29-12-10-28(11-13-29)14-15-6-8-16(25)9-7-15/h3-9,18,27H,2,10-14H2,1H3,(H,32,33). The summed E-state index contributed by atoms with van der Waals surface area (Å²) in [6.45, 7) is 4.93. The molecule has 1 aliphatic rings. The van der Waals surface area contributed by atoms with E-state index in [-0.39, 0.29) is 11.4 Å². The fourth-order valence-electron chi connectivity index (χ4n) is 4.14. The number of amides is 1. The molecule has 1 saturated heterocycles. The number of hydrogen-bond acceptors (Lipinski definition) is 5. The van der Waals surface area contributed by atoms with Gasteiger partial charge in [-0.15, -0.1) is 0 Å². The molecule has 1 amide bonds. The van der Waals surface area contributed by atoms with Crippen LogP contribution in [0.1, 0.15) is 30.8 Å². The molecule has 2 aromatic carbocycles. The van der Waals surface area contributed by atoms with E-state index in [0.29, 0.717) is 60.9 Å². The van der Waals surface area contributed by atoms with Gasteiger partial charge in [-0.05, 0) is 36.2 Å². The summed E-state index contributed by atoms with van der Waals surface area (Å²) < 4.78 is 14.7. The summed E-state index contributed by atoms with van der Waals surface area (Å²) in [6.07, 6.45) is -0.757. The topological polar surface area (TPSA) is 90.7 Å². The first kappa shape index (κ1) is 23.0. The molecule has 0 saturated carbocycles. The van der Waals surface area contributed by atoms with Crippen LogP contribution in [0.4, 0.5) is 9.18 Å². The third-order valence-corrected chi connectivity index (χ3v) is 6.13. The molecule has 2 heterocycles. The average Bonchev–Trinajstić information content (AvgIpc) is 2.79. The van der Waals surface area contributed by atoms with E-state index in [0.717, 1.165) is 5.56 Å². The van der Waals surface area contributed by atoms with Gasteiger partial charge in [0.15, 0.2) is 5.82 Å². The maximum atomic E-state index is 13.6. The van der Waals surface area contributed by atoms with Crippen molar-refractivity contribution < 1.29 is 14.3 Å². The first-order chi connectivity index (χ1) is 15.9. The zero-order chi connectivity index (χ0) is 23.5. The van der Waals surface area contributed by atoms with E-state index in [1.807, 2.05) is 11.9 Å². The number of rotatable bonds is 6. The van der Waals surface area contributed by atoms with Crippen LogP contribution < -0.4 is 15.9 Å². The van der Waals surface area contributed by atoms with Crippen molar-refractivity contribution in [1.29, 1.82) is 0 Å². The molecule has 2 N–H and O–H groups in total. The molecule has 10 heteroatoms. The Kier molecular flexibility index (Phi) is 6.80. The van der Waals surface area contributed by atoms with E-state index in [9.17, 15) is 19.1 Å². The average molecular weight is 474 g/mol. The number of nitrogens with one attached hydrogen (secondary N) is 1. The summed E-state index contributed by atoms with van der Waals surface area (Å²) in [4.78, 5) is 31.8. The number of carboxylic acid groups (broad SMARTS) is 1. The highest BCUT2D eigenvalue weighted by Gasteiger charge is 2.27. The summed E-state index contributed by atoms with van der Waals surface area (Å²) >= 11 is 6.33. The first-order valence-corrected chi connectivity index (χ1v) is 11.2. The van der Waals surface area contributed by atoms with Crippen LogP contribution in [-0.4, -0.2) is 51.9 Å². The van der Waals surface area contributed by atoms with Crippen molar-refractivity contribution in [3.8, 4) is 0 Å². The van der Waals surface area contributed by atoms with Crippen molar-refractivity contribution in [3.05, 3.63) is 75.0 Å². The van der Waals surface area contributed by atoms with Crippen molar-refractivity contribution in [2.75, 3.05) is 31.2 Å². The largest absolute Gasteiger partial charge is 0.465 e. The molecular weight excluding hydrogens is 449 g/mol. The molecule has 0 aliphatic carbocycles. The van der Waals surface area contributed by atoms with Gasteiger partial charge in [-0.25, -0.2) is 18.8 Å². The molecule has 3 aromatic rings. The van der Waals surface area contributed by atoms with Gasteiger partial charge in [-0.3, -0.25) is 9.69 Å². The van der Waals surface area contributed by atoms with Gasteiger partial charge in [0, 0.05) is 32.7 Å². The zero-order valence-corrected chi connectivity index (χ0v) is 18.9. The van der Waals surface area contributed by atoms with Crippen LogP contribution in [0.25, 0.3) is 10.9 Å². The second-order valence-corrected chi connectivity index (χ2v) is 8.39. The van der Waals surface area contributed by atoms with E-state index in [4.69, 9.17) is 11.6 Å². The lowest BCUT2D eigenvalue weighted by atomic mass is 10.1. The quantitative estimate of drug-likeness (QED) is 0.570. The number of halogens is 2. The first-order valence-electron chi connectivity index (χ1n) is 10.8. The Morgan fingerprint density at radius 2 is 1.88 bits per heavy atom. The van der Waals surface area contributed by atoms with Crippen LogP contribution in [0.15, 0.2) is 47.3 Å². The van der Waals surface area contributed by atoms with Gasteiger partial charge in [0.05, 0.1) is 22.0 Å². The number of nitrogens with zero attached hydrogens (tertiary/aromatic N) is 4. The number of carbonyl (C=O) groups is 1. The molecular formula is C23H25ClFN5O3. The minimum Gasteiger partial charge on any atom is -0.465 e. The fourth-order valence-corrected chi connectivity index (χ4v) is 4.39. The summed E-state index contributed by atoms with van der Waals surface area (Å²) in [5, 5.41) is 14.3. The van der Waals surface area contributed by atoms with Crippen LogP contribution >= 0.6 is 11.6 Å². The van der Waals surface area contributed by atoms with E-state index in [1.165, 1.54) is 16.8 Å². The molecule has 8 nitrogen and oxygen atoms in total. The van der Waals surface area contributed by atoms with Gasteiger partial charge < -0.3 is 15.4 Å². The molecule has 174 valence electrons. The minimum atomic E-state index is -1.18. The summed E-state index contributed by atoms with van der Waals surface area (Å²) in [7, 11) is 0. The molecule has 1 aromatic heterocycles. The Morgan fingerprint density at radius 1 is 1.18 bits per heavy atom. The number of benzene rings is 2. The van der Waals surface area contributed by atoms with Crippen molar-refractivity contribution in [3.63, 3.8) is 0 Å². The van der Waals surface area contributed by atoms with Crippen molar-refractivity contribution in [2.24, 2.45) is 0 Å². The van der Waals surface area contributed by atoms with E-state index in [1.54, 1.807) is 30.3 Å². The third kappa shape index (κ3) is 4.94. The van der Waals surface area contributed by atoms with Crippen LogP contribution in [-0.2, 0) is 6.54 Å². The van der Waals surface area contributed by atoms with Crippen LogP contribution in [0, 0.1) is 5.82 Å². The smallest absolute Gasteiger partial charge is 0.405 e. The number of hydrogen-bond donors (Lipinski definition) is 2. The molecule has 0 spiro atoms. The van der Waals surface area contributed by atoms with Crippen LogP contribution in [0.2, 0.25) is 5.02 Å². The number of aromatic nitrogens is 2. The van der Waals surface area contributed by atoms with Gasteiger partial charge in [-0.2, -0.15) is 0 Å². The molecule has 4 rings (SSSR count). The second-order valence-electron chi connectivity index (χ2n) is 7.99. The summed E-state index contributed by atoms with van der Waals surface area (Å²) in [6, 6.07) is 10.8. The van der Waals surface area contributed by atoms with Gasteiger partial charge in [0.1, 0.15) is 5.82 Å². The summed E-state index contributed by atoms with van der Waals surface area (Å²) in [5.41, 5.74) is 1.12. The lowest BCUT2D eigenvalue weighted by Crippen LogP contribution is -2.55. The second kappa shape index (κ2) is 9.76. The molecule has 1 unspecified atom stereocenters. The van der Waals surface area contributed by atoms with Crippen molar-refractivity contribution >= 4 is 28.6 Å². The van der Waals surface area contributed by atoms with E-state index >= 15 is 0 Å². The number of fused-ring (bicyclic) bond motifs is 1. The Hall–Kier alpha value is -3.17. The Labute approximate surface area is 195 Å². The van der Waals surface area contributed by atoms with Gasteiger partial charge in [0.25, 0.3) is 5.56 Å². The maximum absolute atomic E-state index is 13.6. The molecule has 0 bridgehead atoms. The lowest BCUT2D eigenvalue weighted by Gasteiger charge is -2.38. The van der Waals surface area contributed by atoms with Crippen LogP contribution in [0.5, 0.6) is 0 Å². The minimum absolute atomic E-state index is 0.265. The Bertz CT molecular complexity index is 1210. The van der Waals surface area contributed by atoms with Gasteiger partial charge in [0.2, 0.25) is 0 Å². The Morgan fingerprint density at radius 3 is 2.52 bits per heavy atom. The summed E-state index contributed by atoms with van der Waals surface area (Å²) in [5.74, 6) is 0.0741. The van der Waals surface area contributed by atoms with E-state index in [2.05, 4.69) is 15.2 Å². The van der Waals surface area contributed by atoms with Crippen molar-refractivity contribution in [1.82, 2.24) is 19.9 Å². The maximum Gasteiger partial charge on any atom is 0.405 e. The predicted octanol–water partition coefficient (Wildman–Crippen LogP) is 3.36. The highest BCUT2D eigenvalue weighted by molar-refractivity contribution is 6.35. The monoisotopic (exact) mass is 473 g/mol. The van der Waals surface area contributed by atoms with Gasteiger partial charge >= 0.3 is 6.09 Å². The molecule has 1 aliphatic heterocycles. The van der Waals surface area contributed by atoms with Gasteiger partial charge in [-0.1, -0.05) is 36.7 Å². The molecule has 0 radical (unpaired) electrons. The fraction of sp³-hybridized carbons (Fsp3) is 0.348.